The molecule has 0 aliphatic carbocycles. The third-order valence-corrected chi connectivity index (χ3v) is 3.90. The van der Waals surface area contributed by atoms with Crippen LogP contribution in [0, 0.1) is 0 Å². The number of esters is 1. The quantitative estimate of drug-likeness (QED) is 0.567. The van der Waals surface area contributed by atoms with Crippen LogP contribution in [0.3, 0.4) is 0 Å². The van der Waals surface area contributed by atoms with Crippen molar-refractivity contribution in [1.29, 1.82) is 0 Å². The molecule has 146 valence electrons. The fourth-order valence-corrected chi connectivity index (χ4v) is 2.28. The van der Waals surface area contributed by atoms with E-state index in [1.807, 2.05) is 24.3 Å². The smallest absolute Gasteiger partial charge is 0.337 e. The first-order valence-corrected chi connectivity index (χ1v) is 8.51. The average Bonchev–Trinajstić information content (AvgIpc) is 2.72. The molecule has 0 saturated carbocycles. The summed E-state index contributed by atoms with van der Waals surface area (Å²) in [5.74, 6) is -0.500. The molecule has 7 heteroatoms. The number of nitrogens with one attached hydrogen (secondary N) is 2. The van der Waals surface area contributed by atoms with E-state index in [0.29, 0.717) is 17.8 Å². The molecule has 0 spiro atoms. The van der Waals surface area contributed by atoms with Crippen molar-refractivity contribution in [2.75, 3.05) is 19.5 Å². The second kappa shape index (κ2) is 9.91. The zero-order valence-electron chi connectivity index (χ0n) is 15.9. The number of hydrogen-bond donors (Lipinski definition) is 2. The van der Waals surface area contributed by atoms with E-state index >= 15 is 0 Å². The molecule has 0 fully saturated rings. The fourth-order valence-electron chi connectivity index (χ4n) is 2.28. The number of anilines is 1. The van der Waals surface area contributed by atoms with Gasteiger partial charge in [-0.3, -0.25) is 9.59 Å². The third kappa shape index (κ3) is 5.98. The van der Waals surface area contributed by atoms with Crippen LogP contribution in [0.2, 0.25) is 0 Å². The maximum Gasteiger partial charge on any atom is 0.337 e. The van der Waals surface area contributed by atoms with Crippen molar-refractivity contribution >= 4 is 23.5 Å². The molecule has 0 saturated heterocycles. The molecule has 2 aromatic carbocycles. The molecule has 0 atom stereocenters. The summed E-state index contributed by atoms with van der Waals surface area (Å²) in [5, 5.41) is 5.39. The Morgan fingerprint density at radius 3 is 2.18 bits per heavy atom. The molecule has 7 nitrogen and oxygen atoms in total. The van der Waals surface area contributed by atoms with Crippen molar-refractivity contribution in [3.63, 3.8) is 0 Å². The van der Waals surface area contributed by atoms with E-state index in [0.717, 1.165) is 11.3 Å². The SMILES string of the molecule is COC(=O)c1ccc(NC(=O)/C(C)=C/C(=O)NCc2ccc(OC)cc2)cc1. The minimum absolute atomic E-state index is 0.254. The van der Waals surface area contributed by atoms with E-state index in [1.165, 1.54) is 13.2 Å². The molecule has 0 aromatic heterocycles. The van der Waals surface area contributed by atoms with Crippen molar-refractivity contribution in [2.24, 2.45) is 0 Å². The molecule has 2 N–H and O–H groups in total. The zero-order chi connectivity index (χ0) is 20.5. The van der Waals surface area contributed by atoms with Gasteiger partial charge in [0.25, 0.3) is 5.91 Å². The molecular weight excluding hydrogens is 360 g/mol. The number of carbonyl (C=O) groups is 3. The lowest BCUT2D eigenvalue weighted by Gasteiger charge is -2.07. The molecule has 2 aromatic rings. The first-order valence-electron chi connectivity index (χ1n) is 8.51. The Labute approximate surface area is 163 Å². The molecule has 0 bridgehead atoms. The van der Waals surface area contributed by atoms with Crippen LogP contribution in [0.1, 0.15) is 22.8 Å². The van der Waals surface area contributed by atoms with Crippen LogP contribution in [-0.4, -0.2) is 32.0 Å². The van der Waals surface area contributed by atoms with Gasteiger partial charge in [0.15, 0.2) is 0 Å². The summed E-state index contributed by atoms with van der Waals surface area (Å²) in [6, 6.07) is 13.6. The lowest BCUT2D eigenvalue weighted by Crippen LogP contribution is -2.22. The summed E-state index contributed by atoms with van der Waals surface area (Å²) in [7, 11) is 2.88. The van der Waals surface area contributed by atoms with Gasteiger partial charge >= 0.3 is 5.97 Å². The highest BCUT2D eigenvalue weighted by molar-refractivity contribution is 6.07. The summed E-state index contributed by atoms with van der Waals surface area (Å²) < 4.78 is 9.70. The molecule has 2 amide bonds. The number of rotatable bonds is 7. The van der Waals surface area contributed by atoms with Crippen molar-refractivity contribution < 1.29 is 23.9 Å². The highest BCUT2D eigenvalue weighted by Gasteiger charge is 2.09. The van der Waals surface area contributed by atoms with Gasteiger partial charge in [0.1, 0.15) is 5.75 Å². The van der Waals surface area contributed by atoms with Crippen molar-refractivity contribution in [1.82, 2.24) is 5.32 Å². The summed E-state index contributed by atoms with van der Waals surface area (Å²) in [5.41, 5.74) is 2.05. The lowest BCUT2D eigenvalue weighted by atomic mass is 10.2. The molecule has 0 aliphatic rings. The summed E-state index contributed by atoms with van der Waals surface area (Å²) in [4.78, 5) is 35.6. The lowest BCUT2D eigenvalue weighted by molar-refractivity contribution is -0.117. The normalized spacial score (nSPS) is 10.8. The Balaban J connectivity index is 1.89. The number of hydrogen-bond acceptors (Lipinski definition) is 5. The van der Waals surface area contributed by atoms with Gasteiger partial charge in [0.05, 0.1) is 19.8 Å². The van der Waals surface area contributed by atoms with E-state index in [1.54, 1.807) is 38.3 Å². The van der Waals surface area contributed by atoms with Crippen LogP contribution in [0.5, 0.6) is 5.75 Å². The van der Waals surface area contributed by atoms with E-state index in [2.05, 4.69) is 15.4 Å². The molecule has 0 heterocycles. The number of carbonyl (C=O) groups excluding carboxylic acids is 3. The highest BCUT2D eigenvalue weighted by atomic mass is 16.5. The number of benzene rings is 2. The average molecular weight is 382 g/mol. The van der Waals surface area contributed by atoms with Crippen LogP contribution >= 0.6 is 0 Å². The minimum Gasteiger partial charge on any atom is -0.497 e. The fraction of sp³-hybridized carbons (Fsp3) is 0.190. The number of amides is 2. The van der Waals surface area contributed by atoms with Gasteiger partial charge in [-0.1, -0.05) is 12.1 Å². The predicted octanol–water partition coefficient (Wildman–Crippen LogP) is 2.68. The van der Waals surface area contributed by atoms with Gasteiger partial charge in [0, 0.05) is 23.9 Å². The molecular formula is C21H22N2O5. The second-order valence-corrected chi connectivity index (χ2v) is 5.92. The molecule has 0 unspecified atom stereocenters. The van der Waals surface area contributed by atoms with Gasteiger partial charge in [-0.15, -0.1) is 0 Å². The van der Waals surface area contributed by atoms with Crippen molar-refractivity contribution in [3.8, 4) is 5.75 Å². The van der Waals surface area contributed by atoms with Crippen LogP contribution in [0.4, 0.5) is 5.69 Å². The van der Waals surface area contributed by atoms with Crippen molar-refractivity contribution in [2.45, 2.75) is 13.5 Å². The Hall–Kier alpha value is -3.61. The zero-order valence-corrected chi connectivity index (χ0v) is 15.9. The summed E-state index contributed by atoms with van der Waals surface area (Å²) in [6.07, 6.45) is 1.24. The van der Waals surface area contributed by atoms with Gasteiger partial charge in [-0.25, -0.2) is 4.79 Å². The maximum atomic E-state index is 12.2. The second-order valence-electron chi connectivity index (χ2n) is 5.92. The topological polar surface area (TPSA) is 93.7 Å². The molecule has 2 rings (SSSR count). The summed E-state index contributed by atoms with van der Waals surface area (Å²) in [6.45, 7) is 1.88. The van der Waals surface area contributed by atoms with Gasteiger partial charge in [-0.2, -0.15) is 0 Å². The van der Waals surface area contributed by atoms with Gasteiger partial charge in [0.2, 0.25) is 5.91 Å². The first-order chi connectivity index (χ1) is 13.4. The first kappa shape index (κ1) is 20.7. The largest absolute Gasteiger partial charge is 0.497 e. The monoisotopic (exact) mass is 382 g/mol. The Morgan fingerprint density at radius 1 is 0.964 bits per heavy atom. The Kier molecular flexibility index (Phi) is 7.33. The van der Waals surface area contributed by atoms with E-state index in [9.17, 15) is 14.4 Å². The maximum absolute atomic E-state index is 12.2. The van der Waals surface area contributed by atoms with Crippen LogP contribution in [-0.2, 0) is 20.9 Å². The third-order valence-electron chi connectivity index (χ3n) is 3.90. The van der Waals surface area contributed by atoms with Crippen LogP contribution in [0.15, 0.2) is 60.2 Å². The highest BCUT2D eigenvalue weighted by Crippen LogP contribution is 2.12. The van der Waals surface area contributed by atoms with Gasteiger partial charge in [-0.05, 0) is 48.9 Å². The standard InChI is InChI=1S/C21H22N2O5/c1-14(12-19(24)22-13-15-4-10-18(27-2)11-5-15)20(25)23-17-8-6-16(7-9-17)21(26)28-3/h4-12H,13H2,1-3H3,(H,22,24)(H,23,25)/b14-12+. The predicted molar refractivity (Wildman–Crippen MR) is 105 cm³/mol. The summed E-state index contributed by atoms with van der Waals surface area (Å²) >= 11 is 0. The Bertz CT molecular complexity index is 871. The minimum atomic E-state index is -0.456. The van der Waals surface area contributed by atoms with Crippen molar-refractivity contribution in [3.05, 3.63) is 71.3 Å². The Morgan fingerprint density at radius 2 is 1.61 bits per heavy atom. The molecule has 0 radical (unpaired) electrons. The van der Waals surface area contributed by atoms with E-state index in [4.69, 9.17) is 4.74 Å². The van der Waals surface area contributed by atoms with E-state index < -0.39 is 11.9 Å². The van der Waals surface area contributed by atoms with Crippen LogP contribution < -0.4 is 15.4 Å². The number of ether oxygens (including phenoxy) is 2. The molecule has 28 heavy (non-hydrogen) atoms. The molecule has 0 aliphatic heterocycles. The van der Waals surface area contributed by atoms with E-state index in [-0.39, 0.29) is 11.5 Å². The van der Waals surface area contributed by atoms with Gasteiger partial charge < -0.3 is 20.1 Å². The van der Waals surface area contributed by atoms with Crippen LogP contribution in [0.25, 0.3) is 0 Å². The number of methoxy groups -OCH3 is 2.